The highest BCUT2D eigenvalue weighted by Gasteiger charge is 2.04. The molecule has 0 amide bonds. The molecule has 0 N–H and O–H groups in total. The summed E-state index contributed by atoms with van der Waals surface area (Å²) in [6.07, 6.45) is 6.72. The summed E-state index contributed by atoms with van der Waals surface area (Å²) in [5.41, 5.74) is 0. The van der Waals surface area contributed by atoms with Crippen molar-refractivity contribution in [2.75, 3.05) is 5.75 Å². The Hall–Kier alpha value is -0.490. The maximum absolute atomic E-state index is 11.4. The van der Waals surface area contributed by atoms with Gasteiger partial charge in [0.25, 0.3) is 0 Å². The molecule has 0 saturated heterocycles. The average Bonchev–Trinajstić information content (AvgIpc) is 2.20. The van der Waals surface area contributed by atoms with E-state index in [2.05, 4.69) is 25.0 Å². The Bertz CT molecular complexity index is 293. The first-order chi connectivity index (χ1) is 7.12. The average molecular weight is 230 g/mol. The first-order valence-electron chi connectivity index (χ1n) is 5.84. The highest BCUT2D eigenvalue weighted by molar-refractivity contribution is 7.96. The predicted molar refractivity (Wildman–Crippen MR) is 65.2 cm³/mol. The topological polar surface area (TPSA) is 34.1 Å². The minimum Gasteiger partial charge on any atom is -0.215 e. The van der Waals surface area contributed by atoms with Crippen LogP contribution in [0, 0.1) is 11.2 Å². The summed E-state index contributed by atoms with van der Waals surface area (Å²) >= 11 is 0. The molecule has 0 aromatic carbocycles. The Balaban J connectivity index is 3.79. The molecule has 0 aliphatic heterocycles. The molecule has 0 aliphatic rings. The summed E-state index contributed by atoms with van der Waals surface area (Å²) in [5.74, 6) is 2.96. The molecule has 88 valence electrons. The highest BCUT2D eigenvalue weighted by Crippen LogP contribution is 2.02. The molecule has 3 heteroatoms. The second-order valence-electron chi connectivity index (χ2n) is 3.76. The van der Waals surface area contributed by atoms with Crippen LogP contribution in [0.5, 0.6) is 0 Å². The van der Waals surface area contributed by atoms with Crippen molar-refractivity contribution in [1.29, 1.82) is 0 Å². The summed E-state index contributed by atoms with van der Waals surface area (Å²) in [4.78, 5) is 0. The van der Waals surface area contributed by atoms with E-state index in [9.17, 15) is 8.42 Å². The molecule has 0 heterocycles. The van der Waals surface area contributed by atoms with Crippen molar-refractivity contribution in [2.24, 2.45) is 0 Å². The third-order valence-corrected chi connectivity index (χ3v) is 3.43. The molecule has 0 radical (unpaired) electrons. The molecule has 0 saturated carbocycles. The summed E-state index contributed by atoms with van der Waals surface area (Å²) in [6.45, 7) is 4.18. The number of hydrogen-bond acceptors (Lipinski definition) is 2. The number of rotatable bonds is 7. The highest BCUT2D eigenvalue weighted by atomic mass is 32.2. The zero-order valence-corrected chi connectivity index (χ0v) is 10.7. The van der Waals surface area contributed by atoms with E-state index in [4.69, 9.17) is 0 Å². The lowest BCUT2D eigenvalue weighted by molar-refractivity contribution is 0.599. The van der Waals surface area contributed by atoms with Crippen molar-refractivity contribution < 1.29 is 8.42 Å². The molecular formula is C12H22O2S. The van der Waals surface area contributed by atoms with Crippen LogP contribution in [0.3, 0.4) is 0 Å². The maximum atomic E-state index is 11.4. The van der Waals surface area contributed by atoms with Gasteiger partial charge in [0.1, 0.15) is 0 Å². The van der Waals surface area contributed by atoms with Gasteiger partial charge in [-0.1, -0.05) is 45.5 Å². The van der Waals surface area contributed by atoms with E-state index in [-0.39, 0.29) is 5.75 Å². The Morgan fingerprint density at radius 2 is 1.60 bits per heavy atom. The molecule has 15 heavy (non-hydrogen) atoms. The molecule has 0 unspecified atom stereocenters. The summed E-state index contributed by atoms with van der Waals surface area (Å²) in [5, 5.41) is 2.39. The number of sulfone groups is 1. The van der Waals surface area contributed by atoms with E-state index < -0.39 is 9.84 Å². The largest absolute Gasteiger partial charge is 0.216 e. The van der Waals surface area contributed by atoms with Crippen molar-refractivity contribution in [3.8, 4) is 11.2 Å². The normalized spacial score (nSPS) is 10.8. The molecule has 0 rings (SSSR count). The monoisotopic (exact) mass is 230 g/mol. The van der Waals surface area contributed by atoms with Crippen LogP contribution >= 0.6 is 0 Å². The second kappa shape index (κ2) is 8.79. The van der Waals surface area contributed by atoms with E-state index in [1.165, 1.54) is 0 Å². The smallest absolute Gasteiger partial charge is 0.215 e. The zero-order valence-electron chi connectivity index (χ0n) is 9.88. The Labute approximate surface area is 94.4 Å². The van der Waals surface area contributed by atoms with Crippen LogP contribution in [0.2, 0.25) is 0 Å². The third kappa shape index (κ3) is 9.81. The molecule has 0 spiro atoms. The quantitative estimate of drug-likeness (QED) is 0.382. The zero-order chi connectivity index (χ0) is 11.6. The van der Waals surface area contributed by atoms with Crippen molar-refractivity contribution in [1.82, 2.24) is 0 Å². The van der Waals surface area contributed by atoms with Crippen LogP contribution in [0.25, 0.3) is 0 Å². The lowest BCUT2D eigenvalue weighted by Gasteiger charge is -1.96. The van der Waals surface area contributed by atoms with E-state index in [0.29, 0.717) is 6.42 Å². The van der Waals surface area contributed by atoms with Gasteiger partial charge in [0.2, 0.25) is 9.84 Å². The number of hydrogen-bond donors (Lipinski definition) is 0. The van der Waals surface area contributed by atoms with Gasteiger partial charge in [0.15, 0.2) is 0 Å². The van der Waals surface area contributed by atoms with Crippen LogP contribution in [-0.2, 0) is 9.84 Å². The molecule has 0 fully saturated rings. The van der Waals surface area contributed by atoms with Crippen LogP contribution in [0.1, 0.15) is 58.8 Å². The summed E-state index contributed by atoms with van der Waals surface area (Å²) in [7, 11) is -3.10. The van der Waals surface area contributed by atoms with E-state index >= 15 is 0 Å². The van der Waals surface area contributed by atoms with Crippen LogP contribution in [0.4, 0.5) is 0 Å². The molecule has 2 nitrogen and oxygen atoms in total. The molecule has 0 aromatic rings. The number of unbranched alkanes of at least 4 members (excludes halogenated alkanes) is 5. The lowest BCUT2D eigenvalue weighted by Crippen LogP contribution is -2.02. The van der Waals surface area contributed by atoms with Crippen molar-refractivity contribution >= 4 is 9.84 Å². The standard InChI is InChI=1S/C12H22O2S/c1-3-5-7-9-11-15(13,14)12-10-8-6-4-2/h3-9,11H2,1-2H3. The van der Waals surface area contributed by atoms with E-state index in [1.54, 1.807) is 0 Å². The van der Waals surface area contributed by atoms with Gasteiger partial charge in [-0.05, 0) is 12.8 Å². The third-order valence-electron chi connectivity index (χ3n) is 2.15. The van der Waals surface area contributed by atoms with Gasteiger partial charge in [0.05, 0.1) is 5.75 Å². The predicted octanol–water partition coefficient (Wildman–Crippen LogP) is 3.13. The fourth-order valence-electron chi connectivity index (χ4n) is 1.20. The van der Waals surface area contributed by atoms with E-state index in [1.807, 2.05) is 0 Å². The fourth-order valence-corrected chi connectivity index (χ4v) is 2.20. The molecular weight excluding hydrogens is 208 g/mol. The minimum atomic E-state index is -3.10. The molecule has 0 aliphatic carbocycles. The minimum absolute atomic E-state index is 0.228. The van der Waals surface area contributed by atoms with Gasteiger partial charge in [-0.2, -0.15) is 0 Å². The summed E-state index contributed by atoms with van der Waals surface area (Å²) in [6, 6.07) is 0. The SMILES string of the molecule is CCCCC#CS(=O)(=O)CCCCCC. The Morgan fingerprint density at radius 3 is 2.20 bits per heavy atom. The molecule has 0 bridgehead atoms. The first kappa shape index (κ1) is 14.5. The van der Waals surface area contributed by atoms with Crippen molar-refractivity contribution in [3.63, 3.8) is 0 Å². The molecule has 0 aromatic heterocycles. The fraction of sp³-hybridized carbons (Fsp3) is 0.833. The van der Waals surface area contributed by atoms with Crippen LogP contribution in [-0.4, -0.2) is 14.2 Å². The molecule has 0 atom stereocenters. The van der Waals surface area contributed by atoms with Gasteiger partial charge in [-0.15, -0.1) is 0 Å². The first-order valence-corrected chi connectivity index (χ1v) is 7.50. The van der Waals surface area contributed by atoms with Crippen molar-refractivity contribution in [3.05, 3.63) is 0 Å². The Kier molecular flexibility index (Phi) is 8.50. The second-order valence-corrected chi connectivity index (χ2v) is 5.60. The maximum Gasteiger partial charge on any atom is 0.216 e. The lowest BCUT2D eigenvalue weighted by atomic mass is 10.2. The van der Waals surface area contributed by atoms with Gasteiger partial charge in [-0.3, -0.25) is 0 Å². The van der Waals surface area contributed by atoms with Gasteiger partial charge < -0.3 is 0 Å². The van der Waals surface area contributed by atoms with Gasteiger partial charge in [-0.25, -0.2) is 8.42 Å². The Morgan fingerprint density at radius 1 is 0.933 bits per heavy atom. The van der Waals surface area contributed by atoms with Crippen LogP contribution < -0.4 is 0 Å². The van der Waals surface area contributed by atoms with Crippen LogP contribution in [0.15, 0.2) is 0 Å². The van der Waals surface area contributed by atoms with E-state index in [0.717, 1.165) is 38.5 Å². The van der Waals surface area contributed by atoms with Gasteiger partial charge in [0, 0.05) is 11.7 Å². The van der Waals surface area contributed by atoms with Gasteiger partial charge >= 0.3 is 0 Å². The summed E-state index contributed by atoms with van der Waals surface area (Å²) < 4.78 is 22.8. The van der Waals surface area contributed by atoms with Crippen molar-refractivity contribution in [2.45, 2.75) is 58.8 Å².